The molecule has 2 aliphatic rings. The summed E-state index contributed by atoms with van der Waals surface area (Å²) in [6.45, 7) is 3.55. The van der Waals surface area contributed by atoms with Gasteiger partial charge >= 0.3 is 0 Å². The van der Waals surface area contributed by atoms with Crippen molar-refractivity contribution >= 4 is 33.3 Å². The van der Waals surface area contributed by atoms with E-state index in [1.807, 2.05) is 19.2 Å². The van der Waals surface area contributed by atoms with Gasteiger partial charge in [-0.2, -0.15) is 5.10 Å². The lowest BCUT2D eigenvalue weighted by Gasteiger charge is -2.14. The number of hydrogen-bond acceptors (Lipinski definition) is 6. The van der Waals surface area contributed by atoms with Crippen LogP contribution in [0.4, 0.5) is 10.2 Å². The monoisotopic (exact) mass is 450 g/mol. The van der Waals surface area contributed by atoms with Gasteiger partial charge in [-0.25, -0.2) is 14.1 Å². The Hall–Kier alpha value is -3.38. The topological polar surface area (TPSA) is 103 Å². The molecule has 1 amide bonds. The maximum Gasteiger partial charge on any atom is 0.255 e. The Balaban J connectivity index is 1.49. The number of primary amides is 1. The number of anilines is 1. The number of rotatable bonds is 4. The van der Waals surface area contributed by atoms with E-state index in [2.05, 4.69) is 26.8 Å². The van der Waals surface area contributed by atoms with E-state index in [9.17, 15) is 9.18 Å². The van der Waals surface area contributed by atoms with Crippen molar-refractivity contribution in [2.45, 2.75) is 38.1 Å². The van der Waals surface area contributed by atoms with Crippen LogP contribution >= 0.6 is 11.3 Å². The molecular formula is C23H23FN6OS. The summed E-state index contributed by atoms with van der Waals surface area (Å²) in [6.07, 6.45) is 7.11. The number of carbonyl (C=O) groups is 1. The third-order valence-corrected chi connectivity index (χ3v) is 7.01. The molecule has 4 N–H and O–H groups in total. The van der Waals surface area contributed by atoms with Gasteiger partial charge in [0.2, 0.25) is 0 Å². The third-order valence-electron chi connectivity index (χ3n) is 5.83. The highest BCUT2D eigenvalue weighted by Crippen LogP contribution is 2.43. The van der Waals surface area contributed by atoms with Crippen LogP contribution in [-0.2, 0) is 0 Å². The van der Waals surface area contributed by atoms with Crippen molar-refractivity contribution in [3.8, 4) is 11.8 Å². The van der Waals surface area contributed by atoms with Gasteiger partial charge in [-0.15, -0.1) is 11.3 Å². The maximum absolute atomic E-state index is 14.7. The summed E-state index contributed by atoms with van der Waals surface area (Å²) in [5, 5.41) is 5.53. The highest BCUT2D eigenvalue weighted by atomic mass is 32.1. The number of aromatic nitrogens is 3. The number of halogens is 1. The number of allylic oxidation sites excluding steroid dienone is 1. The predicted octanol–water partition coefficient (Wildman–Crippen LogP) is 3.37. The molecule has 1 atom stereocenters. The Bertz CT molecular complexity index is 1310. The molecule has 3 heterocycles. The third kappa shape index (κ3) is 3.71. The van der Waals surface area contributed by atoms with Crippen LogP contribution in [0.25, 0.3) is 10.2 Å². The van der Waals surface area contributed by atoms with Crippen molar-refractivity contribution in [2.24, 2.45) is 5.73 Å². The number of thiazole rings is 1. The lowest BCUT2D eigenvalue weighted by molar-refractivity contribution is 0.100. The number of nitrogens with zero attached hydrogens (tertiary/aromatic N) is 4. The minimum absolute atomic E-state index is 0.00351. The van der Waals surface area contributed by atoms with Crippen LogP contribution in [0, 0.1) is 17.7 Å². The molecule has 1 saturated heterocycles. The summed E-state index contributed by atoms with van der Waals surface area (Å²) < 4.78 is 17.1. The van der Waals surface area contributed by atoms with Crippen LogP contribution in [0.5, 0.6) is 0 Å². The molecule has 5 rings (SSSR count). The average Bonchev–Trinajstić information content (AvgIpc) is 3.21. The molecule has 1 aliphatic heterocycles. The lowest BCUT2D eigenvalue weighted by atomic mass is 10.1. The second-order valence-corrected chi connectivity index (χ2v) is 9.28. The zero-order chi connectivity index (χ0) is 22.4. The van der Waals surface area contributed by atoms with Gasteiger partial charge in [-0.1, -0.05) is 12.0 Å². The van der Waals surface area contributed by atoms with Crippen LogP contribution in [0.3, 0.4) is 0 Å². The quantitative estimate of drug-likeness (QED) is 0.593. The molecule has 32 heavy (non-hydrogen) atoms. The van der Waals surface area contributed by atoms with Gasteiger partial charge < -0.3 is 16.4 Å². The number of hydrogen-bond donors (Lipinski definition) is 2. The second-order valence-electron chi connectivity index (χ2n) is 8.21. The van der Waals surface area contributed by atoms with Gasteiger partial charge in [0.05, 0.1) is 26.8 Å². The molecule has 0 unspecified atom stereocenters. The zero-order valence-corrected chi connectivity index (χ0v) is 18.5. The van der Waals surface area contributed by atoms with Gasteiger partial charge in [0.1, 0.15) is 17.2 Å². The standard InChI is InChI=1S/C23H23FN6OS/c1-2-8-29-9-7-15(12-29)30-21(25)20(22(26)31)17(28-30)6-5-14-10-18-19(11-16(14)24)32-23(27-18)13-3-4-13/h2,8,10-11,13,15H,3-4,7,9,12,25H2,1H3,(H2,26,31)/t15-/m0/s1. The number of nitrogen functional groups attached to an aromatic ring is 1. The van der Waals surface area contributed by atoms with Gasteiger partial charge in [-0.05, 0) is 50.4 Å². The normalized spacial score (nSPS) is 18.4. The number of fused-ring (bicyclic) bond motifs is 1. The first-order valence-corrected chi connectivity index (χ1v) is 11.4. The Morgan fingerprint density at radius 2 is 2.12 bits per heavy atom. The summed E-state index contributed by atoms with van der Waals surface area (Å²) in [5.74, 6) is 5.20. The van der Waals surface area contributed by atoms with Crippen molar-refractivity contribution in [2.75, 3.05) is 18.8 Å². The summed E-state index contributed by atoms with van der Waals surface area (Å²) in [5.41, 5.74) is 13.0. The molecule has 1 saturated carbocycles. The molecule has 164 valence electrons. The summed E-state index contributed by atoms with van der Waals surface area (Å²) >= 11 is 1.53. The molecule has 0 bridgehead atoms. The van der Waals surface area contributed by atoms with Gasteiger partial charge in [-0.3, -0.25) is 4.79 Å². The van der Waals surface area contributed by atoms with Crippen LogP contribution in [0.1, 0.15) is 64.8 Å². The number of benzene rings is 1. The minimum atomic E-state index is -0.703. The number of amides is 1. The molecule has 0 spiro atoms. The van der Waals surface area contributed by atoms with E-state index in [1.165, 1.54) is 17.4 Å². The number of carbonyl (C=O) groups excluding carboxylic acids is 1. The fourth-order valence-corrected chi connectivity index (χ4v) is 5.21. The minimum Gasteiger partial charge on any atom is -0.383 e. The Labute approximate surface area is 188 Å². The summed E-state index contributed by atoms with van der Waals surface area (Å²) in [4.78, 5) is 18.9. The first-order valence-electron chi connectivity index (χ1n) is 10.6. The fourth-order valence-electron chi connectivity index (χ4n) is 4.06. The van der Waals surface area contributed by atoms with Crippen LogP contribution in [-0.4, -0.2) is 38.7 Å². The van der Waals surface area contributed by atoms with Gasteiger partial charge in [0.15, 0.2) is 5.69 Å². The van der Waals surface area contributed by atoms with Gasteiger partial charge in [0, 0.05) is 19.0 Å². The molecule has 0 radical (unpaired) electrons. The van der Waals surface area contributed by atoms with E-state index >= 15 is 0 Å². The highest BCUT2D eigenvalue weighted by Gasteiger charge is 2.29. The Morgan fingerprint density at radius 3 is 2.84 bits per heavy atom. The van der Waals surface area contributed by atoms with E-state index < -0.39 is 11.7 Å². The van der Waals surface area contributed by atoms with Crippen molar-refractivity contribution < 1.29 is 9.18 Å². The maximum atomic E-state index is 14.7. The highest BCUT2D eigenvalue weighted by molar-refractivity contribution is 7.18. The first-order chi connectivity index (χ1) is 15.4. The molecular weight excluding hydrogens is 427 g/mol. The summed E-state index contributed by atoms with van der Waals surface area (Å²) in [7, 11) is 0. The smallest absolute Gasteiger partial charge is 0.255 e. The molecule has 9 heteroatoms. The summed E-state index contributed by atoms with van der Waals surface area (Å²) in [6, 6.07) is 3.12. The van der Waals surface area contributed by atoms with E-state index in [0.29, 0.717) is 5.92 Å². The average molecular weight is 451 g/mol. The SMILES string of the molecule is CC=CN1CC[C@H](n2nc(C#Cc3cc4nc(C5CC5)sc4cc3F)c(C(N)=O)c2N)C1. The van der Waals surface area contributed by atoms with E-state index in [1.54, 1.807) is 10.7 Å². The molecule has 3 aromatic rings. The van der Waals surface area contributed by atoms with Crippen LogP contribution in [0.15, 0.2) is 24.4 Å². The van der Waals surface area contributed by atoms with Crippen molar-refractivity contribution in [1.29, 1.82) is 0 Å². The Morgan fingerprint density at radius 1 is 1.31 bits per heavy atom. The van der Waals surface area contributed by atoms with Crippen molar-refractivity contribution in [3.63, 3.8) is 0 Å². The van der Waals surface area contributed by atoms with Crippen LogP contribution in [0.2, 0.25) is 0 Å². The second kappa shape index (κ2) is 7.95. The van der Waals surface area contributed by atoms with Crippen molar-refractivity contribution in [1.82, 2.24) is 19.7 Å². The largest absolute Gasteiger partial charge is 0.383 e. The fraction of sp³-hybridized carbons (Fsp3) is 0.348. The molecule has 2 aromatic heterocycles. The van der Waals surface area contributed by atoms with E-state index in [-0.39, 0.29) is 28.7 Å². The molecule has 7 nitrogen and oxygen atoms in total. The Kier molecular flexibility index (Phi) is 5.10. The molecule has 1 aliphatic carbocycles. The number of nitrogens with two attached hydrogens (primary N) is 2. The molecule has 1 aromatic carbocycles. The first kappa shape index (κ1) is 20.5. The van der Waals surface area contributed by atoms with Crippen molar-refractivity contribution in [3.05, 3.63) is 52.1 Å². The van der Waals surface area contributed by atoms with E-state index in [0.717, 1.165) is 47.6 Å². The predicted molar refractivity (Wildman–Crippen MR) is 123 cm³/mol. The lowest BCUT2D eigenvalue weighted by Crippen LogP contribution is -2.19. The molecule has 2 fully saturated rings. The van der Waals surface area contributed by atoms with E-state index in [4.69, 9.17) is 11.5 Å². The number of likely N-dealkylation sites (tertiary alicyclic amines) is 1. The zero-order valence-electron chi connectivity index (χ0n) is 17.6. The van der Waals surface area contributed by atoms with Gasteiger partial charge in [0.25, 0.3) is 5.91 Å². The van der Waals surface area contributed by atoms with Crippen LogP contribution < -0.4 is 11.5 Å².